The fraction of sp³-hybridized carbons (Fsp3) is 0.250. The molecule has 0 nitrogen and oxygen atoms in total. The van der Waals surface area contributed by atoms with Crippen LogP contribution in [0.1, 0.15) is 5.56 Å². The van der Waals surface area contributed by atoms with Gasteiger partial charge in [-0.25, -0.2) is 0 Å². The van der Waals surface area contributed by atoms with Crippen LogP contribution in [0.3, 0.4) is 0 Å². The molecular formula is C8H8BrClS. The van der Waals surface area contributed by atoms with Gasteiger partial charge in [0, 0.05) is 9.37 Å². The van der Waals surface area contributed by atoms with Crippen LogP contribution < -0.4 is 0 Å². The van der Waals surface area contributed by atoms with Gasteiger partial charge in [-0.3, -0.25) is 0 Å². The molecule has 1 aromatic rings. The monoisotopic (exact) mass is 250 g/mol. The zero-order valence-electron chi connectivity index (χ0n) is 6.32. The van der Waals surface area contributed by atoms with E-state index in [-0.39, 0.29) is 0 Å². The molecule has 0 amide bonds. The standard InChI is InChI=1S/C8H8BrClS/c1-5-3-6(11-2)4-7(10)8(5)9/h3-4H,1-2H3. The van der Waals surface area contributed by atoms with E-state index in [1.807, 2.05) is 19.2 Å². The number of hydrogen-bond acceptors (Lipinski definition) is 1. The SMILES string of the molecule is CSc1cc(C)c(Br)c(Cl)c1. The molecule has 0 radical (unpaired) electrons. The fourth-order valence-electron chi connectivity index (χ4n) is 0.813. The van der Waals surface area contributed by atoms with Crippen molar-refractivity contribution in [2.24, 2.45) is 0 Å². The molecule has 3 heteroatoms. The number of benzene rings is 1. The maximum atomic E-state index is 5.94. The largest absolute Gasteiger partial charge is 0.130 e. The summed E-state index contributed by atoms with van der Waals surface area (Å²) in [6, 6.07) is 4.07. The quantitative estimate of drug-likeness (QED) is 0.676. The highest BCUT2D eigenvalue weighted by Crippen LogP contribution is 2.30. The van der Waals surface area contributed by atoms with Crippen LogP contribution in [0.4, 0.5) is 0 Å². The Morgan fingerprint density at radius 3 is 2.55 bits per heavy atom. The van der Waals surface area contributed by atoms with E-state index < -0.39 is 0 Å². The number of hydrogen-bond donors (Lipinski definition) is 0. The summed E-state index contributed by atoms with van der Waals surface area (Å²) in [6.07, 6.45) is 2.04. The van der Waals surface area contributed by atoms with Crippen molar-refractivity contribution in [1.29, 1.82) is 0 Å². The van der Waals surface area contributed by atoms with E-state index in [1.54, 1.807) is 11.8 Å². The molecule has 0 unspecified atom stereocenters. The van der Waals surface area contributed by atoms with Crippen molar-refractivity contribution in [2.45, 2.75) is 11.8 Å². The van der Waals surface area contributed by atoms with E-state index in [4.69, 9.17) is 11.6 Å². The molecule has 0 aliphatic rings. The smallest absolute Gasteiger partial charge is 0.0561 e. The number of aryl methyl sites for hydroxylation is 1. The first kappa shape index (κ1) is 9.43. The first-order chi connectivity index (χ1) is 5.15. The van der Waals surface area contributed by atoms with Gasteiger partial charge in [0.15, 0.2) is 0 Å². The van der Waals surface area contributed by atoms with Crippen molar-refractivity contribution in [3.63, 3.8) is 0 Å². The average molecular weight is 252 g/mol. The average Bonchev–Trinajstić information content (AvgIpc) is 1.99. The van der Waals surface area contributed by atoms with Gasteiger partial charge in [0.1, 0.15) is 0 Å². The van der Waals surface area contributed by atoms with E-state index >= 15 is 0 Å². The van der Waals surface area contributed by atoms with Crippen molar-refractivity contribution < 1.29 is 0 Å². The van der Waals surface area contributed by atoms with Crippen LogP contribution in [0, 0.1) is 6.92 Å². The third-order valence-corrected chi connectivity index (χ3v) is 3.71. The second-order valence-corrected chi connectivity index (χ2v) is 4.32. The Kier molecular flexibility index (Phi) is 3.29. The molecule has 1 rings (SSSR count). The van der Waals surface area contributed by atoms with Gasteiger partial charge in [-0.2, -0.15) is 0 Å². The predicted octanol–water partition coefficient (Wildman–Crippen LogP) is 4.13. The van der Waals surface area contributed by atoms with Crippen LogP contribution in [-0.2, 0) is 0 Å². The van der Waals surface area contributed by atoms with E-state index in [2.05, 4.69) is 22.0 Å². The minimum atomic E-state index is 0.786. The summed E-state index contributed by atoms with van der Waals surface area (Å²) < 4.78 is 0.997. The first-order valence-electron chi connectivity index (χ1n) is 3.15. The maximum absolute atomic E-state index is 5.94. The number of halogens is 2. The Labute approximate surface area is 84.5 Å². The van der Waals surface area contributed by atoms with E-state index in [0.717, 1.165) is 9.50 Å². The molecule has 0 heterocycles. The van der Waals surface area contributed by atoms with Crippen LogP contribution >= 0.6 is 39.3 Å². The lowest BCUT2D eigenvalue weighted by Gasteiger charge is -2.03. The summed E-state index contributed by atoms with van der Waals surface area (Å²) >= 11 is 11.0. The van der Waals surface area contributed by atoms with Gasteiger partial charge in [0.2, 0.25) is 0 Å². The molecule has 1 aromatic carbocycles. The lowest BCUT2D eigenvalue weighted by Crippen LogP contribution is -1.78. The van der Waals surface area contributed by atoms with Crippen LogP contribution in [0.25, 0.3) is 0 Å². The molecule has 0 aliphatic heterocycles. The van der Waals surface area contributed by atoms with Gasteiger partial charge in [-0.1, -0.05) is 11.6 Å². The van der Waals surface area contributed by atoms with Gasteiger partial charge >= 0.3 is 0 Å². The third-order valence-electron chi connectivity index (χ3n) is 1.42. The van der Waals surface area contributed by atoms with E-state index in [1.165, 1.54) is 10.5 Å². The van der Waals surface area contributed by atoms with E-state index in [0.29, 0.717) is 0 Å². The molecule has 0 aromatic heterocycles. The summed E-state index contributed by atoms with van der Waals surface area (Å²) in [5.41, 5.74) is 1.18. The predicted molar refractivity (Wildman–Crippen MR) is 55.7 cm³/mol. The van der Waals surface area contributed by atoms with Gasteiger partial charge in [0.05, 0.1) is 5.02 Å². The van der Waals surface area contributed by atoms with Crippen LogP contribution in [0.15, 0.2) is 21.5 Å². The van der Waals surface area contributed by atoms with Gasteiger partial charge in [-0.05, 0) is 46.8 Å². The highest BCUT2D eigenvalue weighted by atomic mass is 79.9. The van der Waals surface area contributed by atoms with Crippen molar-refractivity contribution in [1.82, 2.24) is 0 Å². The lowest BCUT2D eigenvalue weighted by molar-refractivity contribution is 1.34. The van der Waals surface area contributed by atoms with E-state index in [9.17, 15) is 0 Å². The summed E-state index contributed by atoms with van der Waals surface area (Å²) in [5.74, 6) is 0. The topological polar surface area (TPSA) is 0 Å². The van der Waals surface area contributed by atoms with Crippen LogP contribution in [0.5, 0.6) is 0 Å². The Hall–Kier alpha value is 0.340. The summed E-state index contributed by atoms with van der Waals surface area (Å²) in [7, 11) is 0. The molecule has 0 N–H and O–H groups in total. The van der Waals surface area contributed by atoms with Gasteiger partial charge in [0.25, 0.3) is 0 Å². The number of thioether (sulfide) groups is 1. The summed E-state index contributed by atoms with van der Waals surface area (Å²) in [5, 5.41) is 0.786. The summed E-state index contributed by atoms with van der Waals surface area (Å²) in [6.45, 7) is 2.04. The molecule has 60 valence electrons. The molecule has 0 saturated heterocycles. The Bertz CT molecular complexity index is 250. The fourth-order valence-corrected chi connectivity index (χ4v) is 1.90. The van der Waals surface area contributed by atoms with Crippen molar-refractivity contribution in [3.8, 4) is 0 Å². The lowest BCUT2D eigenvalue weighted by atomic mass is 10.2. The molecule has 0 fully saturated rings. The number of rotatable bonds is 1. The maximum Gasteiger partial charge on any atom is 0.0561 e. The van der Waals surface area contributed by atoms with Crippen LogP contribution in [0.2, 0.25) is 5.02 Å². The molecule has 0 spiro atoms. The van der Waals surface area contributed by atoms with Crippen LogP contribution in [-0.4, -0.2) is 6.26 Å². The summed E-state index contributed by atoms with van der Waals surface area (Å²) in [4.78, 5) is 1.20. The molecule has 11 heavy (non-hydrogen) atoms. The second-order valence-electron chi connectivity index (χ2n) is 2.24. The molecule has 0 bridgehead atoms. The Balaban J connectivity index is 3.21. The zero-order chi connectivity index (χ0) is 8.43. The third kappa shape index (κ3) is 2.14. The molecule has 0 aliphatic carbocycles. The van der Waals surface area contributed by atoms with Crippen molar-refractivity contribution in [3.05, 3.63) is 27.2 Å². The molecular weight excluding hydrogens is 244 g/mol. The highest BCUT2D eigenvalue weighted by molar-refractivity contribution is 9.10. The minimum absolute atomic E-state index is 0.786. The highest BCUT2D eigenvalue weighted by Gasteiger charge is 2.01. The second kappa shape index (κ2) is 3.83. The van der Waals surface area contributed by atoms with Crippen molar-refractivity contribution in [2.75, 3.05) is 6.26 Å². The molecule has 0 atom stereocenters. The normalized spacial score (nSPS) is 10.2. The van der Waals surface area contributed by atoms with Gasteiger partial charge < -0.3 is 0 Å². The van der Waals surface area contributed by atoms with Crippen molar-refractivity contribution >= 4 is 39.3 Å². The Morgan fingerprint density at radius 2 is 2.09 bits per heavy atom. The first-order valence-corrected chi connectivity index (χ1v) is 5.54. The molecule has 0 saturated carbocycles. The Morgan fingerprint density at radius 1 is 1.45 bits per heavy atom. The zero-order valence-corrected chi connectivity index (χ0v) is 9.48. The van der Waals surface area contributed by atoms with Gasteiger partial charge in [-0.15, -0.1) is 11.8 Å². The minimum Gasteiger partial charge on any atom is -0.130 e.